The van der Waals surface area contributed by atoms with Crippen LogP contribution in [0, 0.1) is 11.7 Å². The van der Waals surface area contributed by atoms with E-state index in [0.717, 1.165) is 11.6 Å². The topological polar surface area (TPSA) is 43.7 Å². The second-order valence-corrected chi connectivity index (χ2v) is 6.01. The molecule has 2 rings (SSSR count). The SMILES string of the molecule is CC1CCCCC1N(C)Cc1cc(F)cc(B(O)O)c1. The van der Waals surface area contributed by atoms with Crippen molar-refractivity contribution in [1.82, 2.24) is 4.90 Å². The Balaban J connectivity index is 2.08. The Kier molecular flexibility index (Phi) is 5.19. The fourth-order valence-electron chi connectivity index (χ4n) is 3.27. The van der Waals surface area contributed by atoms with Gasteiger partial charge in [0.2, 0.25) is 0 Å². The van der Waals surface area contributed by atoms with Crippen molar-refractivity contribution in [1.29, 1.82) is 0 Å². The summed E-state index contributed by atoms with van der Waals surface area (Å²) in [6.07, 6.45) is 4.98. The lowest BCUT2D eigenvalue weighted by Crippen LogP contribution is -2.39. The maximum atomic E-state index is 13.5. The average molecular weight is 279 g/mol. The van der Waals surface area contributed by atoms with E-state index in [-0.39, 0.29) is 5.46 Å². The first-order valence-electron chi connectivity index (χ1n) is 7.33. The molecule has 0 radical (unpaired) electrons. The molecule has 1 aliphatic rings. The highest BCUT2D eigenvalue weighted by atomic mass is 19.1. The van der Waals surface area contributed by atoms with E-state index < -0.39 is 12.9 Å². The molecule has 2 unspecified atom stereocenters. The van der Waals surface area contributed by atoms with Crippen molar-refractivity contribution in [3.05, 3.63) is 29.6 Å². The fraction of sp³-hybridized carbons (Fsp3) is 0.600. The largest absolute Gasteiger partial charge is 0.488 e. The monoisotopic (exact) mass is 279 g/mol. The third kappa shape index (κ3) is 3.81. The van der Waals surface area contributed by atoms with Gasteiger partial charge in [0.15, 0.2) is 0 Å². The second kappa shape index (κ2) is 6.70. The van der Waals surface area contributed by atoms with Crippen molar-refractivity contribution in [2.24, 2.45) is 5.92 Å². The molecule has 2 atom stereocenters. The summed E-state index contributed by atoms with van der Waals surface area (Å²) >= 11 is 0. The van der Waals surface area contributed by atoms with Crippen molar-refractivity contribution in [3.63, 3.8) is 0 Å². The van der Waals surface area contributed by atoms with Crippen LogP contribution in [0.15, 0.2) is 18.2 Å². The summed E-state index contributed by atoms with van der Waals surface area (Å²) in [7, 11) is 0.440. The van der Waals surface area contributed by atoms with E-state index in [4.69, 9.17) is 0 Å². The lowest BCUT2D eigenvalue weighted by molar-refractivity contribution is 0.133. The van der Waals surface area contributed by atoms with Crippen LogP contribution in [-0.2, 0) is 6.54 Å². The summed E-state index contributed by atoms with van der Waals surface area (Å²) < 4.78 is 13.5. The third-order valence-corrected chi connectivity index (χ3v) is 4.34. The van der Waals surface area contributed by atoms with Crippen LogP contribution in [0.5, 0.6) is 0 Å². The second-order valence-electron chi connectivity index (χ2n) is 6.01. The van der Waals surface area contributed by atoms with Gasteiger partial charge in [0.25, 0.3) is 0 Å². The van der Waals surface area contributed by atoms with E-state index >= 15 is 0 Å². The smallest absolute Gasteiger partial charge is 0.423 e. The van der Waals surface area contributed by atoms with Crippen LogP contribution in [0.2, 0.25) is 0 Å². The zero-order valence-corrected chi connectivity index (χ0v) is 12.2. The molecule has 1 aromatic rings. The van der Waals surface area contributed by atoms with E-state index in [1.165, 1.54) is 31.7 Å². The summed E-state index contributed by atoms with van der Waals surface area (Å²) in [5.41, 5.74) is 0.999. The van der Waals surface area contributed by atoms with Crippen molar-refractivity contribution < 1.29 is 14.4 Å². The summed E-state index contributed by atoms with van der Waals surface area (Å²) in [6.45, 7) is 2.90. The van der Waals surface area contributed by atoms with Crippen LogP contribution >= 0.6 is 0 Å². The van der Waals surface area contributed by atoms with Crippen LogP contribution in [0.3, 0.4) is 0 Å². The lowest BCUT2D eigenvalue weighted by atomic mass is 9.79. The molecule has 0 spiro atoms. The zero-order valence-electron chi connectivity index (χ0n) is 12.2. The number of benzene rings is 1. The Bertz CT molecular complexity index is 455. The van der Waals surface area contributed by atoms with Gasteiger partial charge in [-0.25, -0.2) is 4.39 Å². The van der Waals surface area contributed by atoms with Crippen LogP contribution < -0.4 is 5.46 Å². The molecule has 1 fully saturated rings. The summed E-state index contributed by atoms with van der Waals surface area (Å²) in [5, 5.41) is 18.3. The molecule has 1 aliphatic carbocycles. The molecule has 0 aromatic heterocycles. The first-order valence-corrected chi connectivity index (χ1v) is 7.33. The molecule has 3 nitrogen and oxygen atoms in total. The van der Waals surface area contributed by atoms with Gasteiger partial charge in [0.1, 0.15) is 5.82 Å². The van der Waals surface area contributed by atoms with Gasteiger partial charge in [-0.15, -0.1) is 0 Å². The standard InChI is InChI=1S/C15H23BFNO2/c1-11-5-3-4-6-15(11)18(2)10-12-7-13(16(19)20)9-14(17)8-12/h7-9,11,15,19-20H,3-6,10H2,1-2H3. The minimum absolute atomic E-state index is 0.213. The van der Waals surface area contributed by atoms with Crippen LogP contribution in [-0.4, -0.2) is 35.2 Å². The van der Waals surface area contributed by atoms with E-state index in [9.17, 15) is 14.4 Å². The number of halogens is 1. The molecule has 0 bridgehead atoms. The third-order valence-electron chi connectivity index (χ3n) is 4.34. The summed E-state index contributed by atoms with van der Waals surface area (Å²) in [5.74, 6) is 0.237. The molecule has 1 saturated carbocycles. The molecule has 1 aromatic carbocycles. The predicted molar refractivity (Wildman–Crippen MR) is 79.1 cm³/mol. The van der Waals surface area contributed by atoms with Crippen molar-refractivity contribution in [2.45, 2.75) is 45.2 Å². The van der Waals surface area contributed by atoms with Gasteiger partial charge in [-0.05, 0) is 49.0 Å². The van der Waals surface area contributed by atoms with Gasteiger partial charge < -0.3 is 10.0 Å². The first kappa shape index (κ1) is 15.5. The van der Waals surface area contributed by atoms with Gasteiger partial charge in [-0.2, -0.15) is 0 Å². The van der Waals surface area contributed by atoms with Gasteiger partial charge >= 0.3 is 7.12 Å². The fourth-order valence-corrected chi connectivity index (χ4v) is 3.27. The number of hydrogen-bond donors (Lipinski definition) is 2. The Morgan fingerprint density at radius 2 is 1.95 bits per heavy atom. The minimum Gasteiger partial charge on any atom is -0.423 e. The highest BCUT2D eigenvalue weighted by molar-refractivity contribution is 6.58. The summed E-state index contributed by atoms with van der Waals surface area (Å²) in [6, 6.07) is 4.82. The summed E-state index contributed by atoms with van der Waals surface area (Å²) in [4.78, 5) is 2.26. The molecular formula is C15H23BFNO2. The molecule has 0 aliphatic heterocycles. The molecular weight excluding hydrogens is 256 g/mol. The van der Waals surface area contributed by atoms with E-state index in [1.54, 1.807) is 6.07 Å². The molecule has 0 heterocycles. The first-order chi connectivity index (χ1) is 9.47. The van der Waals surface area contributed by atoms with Crippen LogP contribution in [0.1, 0.15) is 38.2 Å². The lowest BCUT2D eigenvalue weighted by Gasteiger charge is -2.36. The van der Waals surface area contributed by atoms with Crippen molar-refractivity contribution >= 4 is 12.6 Å². The highest BCUT2D eigenvalue weighted by Gasteiger charge is 2.25. The molecule has 2 N–H and O–H groups in total. The number of nitrogens with zero attached hydrogens (tertiary/aromatic N) is 1. The minimum atomic E-state index is -1.62. The van der Waals surface area contributed by atoms with Gasteiger partial charge in [0, 0.05) is 12.6 Å². The van der Waals surface area contributed by atoms with E-state index in [0.29, 0.717) is 18.5 Å². The van der Waals surface area contributed by atoms with Crippen molar-refractivity contribution in [3.8, 4) is 0 Å². The Labute approximate surface area is 120 Å². The van der Waals surface area contributed by atoms with Gasteiger partial charge in [0.05, 0.1) is 0 Å². The average Bonchev–Trinajstić information content (AvgIpc) is 2.38. The van der Waals surface area contributed by atoms with E-state index in [1.807, 2.05) is 0 Å². The normalized spacial score (nSPS) is 23.1. The van der Waals surface area contributed by atoms with Gasteiger partial charge in [-0.3, -0.25) is 4.90 Å². The van der Waals surface area contributed by atoms with Gasteiger partial charge in [-0.1, -0.05) is 25.8 Å². The molecule has 0 amide bonds. The quantitative estimate of drug-likeness (QED) is 0.821. The maximum absolute atomic E-state index is 13.5. The van der Waals surface area contributed by atoms with Crippen LogP contribution in [0.4, 0.5) is 4.39 Å². The number of hydrogen-bond acceptors (Lipinski definition) is 3. The molecule has 5 heteroatoms. The highest BCUT2D eigenvalue weighted by Crippen LogP contribution is 2.28. The molecule has 110 valence electrons. The molecule has 20 heavy (non-hydrogen) atoms. The zero-order chi connectivity index (χ0) is 14.7. The Morgan fingerprint density at radius 1 is 1.25 bits per heavy atom. The van der Waals surface area contributed by atoms with Crippen LogP contribution in [0.25, 0.3) is 0 Å². The molecule has 0 saturated heterocycles. The number of rotatable bonds is 4. The Hall–Kier alpha value is -0.905. The maximum Gasteiger partial charge on any atom is 0.488 e. The van der Waals surface area contributed by atoms with E-state index in [2.05, 4.69) is 18.9 Å². The predicted octanol–water partition coefficient (Wildman–Crippen LogP) is 1.52. The van der Waals surface area contributed by atoms with Crippen molar-refractivity contribution in [2.75, 3.05) is 7.05 Å². The Morgan fingerprint density at radius 3 is 2.60 bits per heavy atom.